The number of anilines is 6. The normalized spacial score (nSPS) is 10.7. The van der Waals surface area contributed by atoms with Gasteiger partial charge in [0.05, 0.1) is 0 Å². The maximum Gasteiger partial charge on any atom is 0.115 e. The lowest BCUT2D eigenvalue weighted by Gasteiger charge is -2.28. The second-order valence-electron chi connectivity index (χ2n) is 9.29. The van der Waals surface area contributed by atoms with E-state index in [1.54, 1.807) is 12.1 Å². The third kappa shape index (κ3) is 5.25. The number of aromatic hydroxyl groups is 1. The number of para-hydroxylation sites is 3. The number of benzene rings is 6. The van der Waals surface area contributed by atoms with Crippen molar-refractivity contribution in [2.24, 2.45) is 0 Å². The van der Waals surface area contributed by atoms with Crippen LogP contribution in [0.4, 0.5) is 34.1 Å². The zero-order chi connectivity index (χ0) is 26.4. The molecule has 3 nitrogen and oxygen atoms in total. The minimum atomic E-state index is 0.271. The summed E-state index contributed by atoms with van der Waals surface area (Å²) in [6, 6.07) is 55.8. The summed E-state index contributed by atoms with van der Waals surface area (Å²) >= 11 is 0. The lowest BCUT2D eigenvalue weighted by Crippen LogP contribution is -2.12. The predicted molar refractivity (Wildman–Crippen MR) is 163 cm³/mol. The van der Waals surface area contributed by atoms with Crippen LogP contribution in [0.5, 0.6) is 5.75 Å². The van der Waals surface area contributed by atoms with E-state index in [0.717, 1.165) is 45.3 Å². The first-order valence-electron chi connectivity index (χ1n) is 13.0. The molecule has 0 unspecified atom stereocenters. The van der Waals surface area contributed by atoms with Gasteiger partial charge < -0.3 is 14.9 Å². The van der Waals surface area contributed by atoms with Gasteiger partial charge in [-0.1, -0.05) is 78.9 Å². The van der Waals surface area contributed by atoms with Gasteiger partial charge in [-0.3, -0.25) is 0 Å². The lowest BCUT2D eigenvalue weighted by molar-refractivity contribution is 0.475. The third-order valence-corrected chi connectivity index (χ3v) is 6.74. The summed E-state index contributed by atoms with van der Waals surface area (Å²) in [6.07, 6.45) is 0. The van der Waals surface area contributed by atoms with Crippen LogP contribution in [0, 0.1) is 0 Å². The monoisotopic (exact) mass is 504 g/mol. The van der Waals surface area contributed by atoms with Gasteiger partial charge in [0.2, 0.25) is 0 Å². The summed E-state index contributed by atoms with van der Waals surface area (Å²) in [5.74, 6) is 0.271. The minimum absolute atomic E-state index is 0.271. The Balaban J connectivity index is 1.37. The van der Waals surface area contributed by atoms with E-state index in [9.17, 15) is 5.11 Å². The molecule has 188 valence electrons. The Morgan fingerprint density at radius 3 is 0.872 bits per heavy atom. The molecule has 0 aliphatic carbocycles. The smallest absolute Gasteiger partial charge is 0.115 e. The summed E-state index contributed by atoms with van der Waals surface area (Å²) in [6.45, 7) is 0. The number of hydrogen-bond acceptors (Lipinski definition) is 3. The summed E-state index contributed by atoms with van der Waals surface area (Å²) < 4.78 is 0. The Labute approximate surface area is 229 Å². The number of nitrogens with zero attached hydrogens (tertiary/aromatic N) is 2. The van der Waals surface area contributed by atoms with E-state index in [0.29, 0.717) is 0 Å². The van der Waals surface area contributed by atoms with Crippen LogP contribution in [0.3, 0.4) is 0 Å². The summed E-state index contributed by atoms with van der Waals surface area (Å²) in [5.41, 5.74) is 8.71. The van der Waals surface area contributed by atoms with Crippen molar-refractivity contribution in [2.45, 2.75) is 0 Å². The zero-order valence-corrected chi connectivity index (χ0v) is 21.4. The number of phenols is 1. The molecule has 6 aromatic carbocycles. The second kappa shape index (κ2) is 11.0. The highest BCUT2D eigenvalue weighted by atomic mass is 16.3. The van der Waals surface area contributed by atoms with Gasteiger partial charge in [-0.05, 0) is 96.1 Å². The Kier molecular flexibility index (Phi) is 6.79. The largest absolute Gasteiger partial charge is 0.508 e. The third-order valence-electron chi connectivity index (χ3n) is 6.74. The molecule has 0 fully saturated rings. The SMILES string of the molecule is Oc1ccc(-c2ccc(N(c3ccccc3)c3ccc(N(c4ccccc4)c4ccccc4)cc3)cc2)cc1. The summed E-state index contributed by atoms with van der Waals surface area (Å²) in [7, 11) is 0. The highest BCUT2D eigenvalue weighted by Gasteiger charge is 2.15. The van der Waals surface area contributed by atoms with Gasteiger partial charge in [-0.25, -0.2) is 0 Å². The van der Waals surface area contributed by atoms with Crippen molar-refractivity contribution in [3.63, 3.8) is 0 Å². The van der Waals surface area contributed by atoms with Crippen LogP contribution < -0.4 is 9.80 Å². The molecule has 0 aliphatic heterocycles. The maximum atomic E-state index is 9.65. The summed E-state index contributed by atoms with van der Waals surface area (Å²) in [5, 5.41) is 9.65. The van der Waals surface area contributed by atoms with Gasteiger partial charge in [0.1, 0.15) is 5.75 Å². The zero-order valence-electron chi connectivity index (χ0n) is 21.4. The van der Waals surface area contributed by atoms with Crippen molar-refractivity contribution >= 4 is 34.1 Å². The van der Waals surface area contributed by atoms with Crippen LogP contribution in [0.25, 0.3) is 11.1 Å². The van der Waals surface area contributed by atoms with Crippen LogP contribution >= 0.6 is 0 Å². The van der Waals surface area contributed by atoms with E-state index in [1.165, 1.54) is 0 Å². The van der Waals surface area contributed by atoms with Crippen LogP contribution in [-0.2, 0) is 0 Å². The molecule has 0 amide bonds. The average Bonchev–Trinajstić information content (AvgIpc) is 3.01. The number of rotatable bonds is 7. The van der Waals surface area contributed by atoms with Gasteiger partial charge in [-0.2, -0.15) is 0 Å². The minimum Gasteiger partial charge on any atom is -0.508 e. The number of phenolic OH excluding ortho intramolecular Hbond substituents is 1. The van der Waals surface area contributed by atoms with Gasteiger partial charge in [-0.15, -0.1) is 0 Å². The molecule has 1 N–H and O–H groups in total. The molecule has 0 aromatic heterocycles. The Morgan fingerprint density at radius 2 is 0.538 bits per heavy atom. The van der Waals surface area contributed by atoms with E-state index in [2.05, 4.69) is 131 Å². The molecular formula is C36H28N2O. The maximum absolute atomic E-state index is 9.65. The van der Waals surface area contributed by atoms with Crippen LogP contribution in [0.15, 0.2) is 164 Å². The van der Waals surface area contributed by atoms with E-state index >= 15 is 0 Å². The molecular weight excluding hydrogens is 476 g/mol. The quantitative estimate of drug-likeness (QED) is 0.234. The second-order valence-corrected chi connectivity index (χ2v) is 9.29. The van der Waals surface area contributed by atoms with Crippen molar-refractivity contribution in [1.82, 2.24) is 0 Å². The van der Waals surface area contributed by atoms with Gasteiger partial charge in [0, 0.05) is 34.1 Å². The predicted octanol–water partition coefficient (Wildman–Crippen LogP) is 10.00. The first-order valence-corrected chi connectivity index (χ1v) is 13.0. The molecule has 39 heavy (non-hydrogen) atoms. The van der Waals surface area contributed by atoms with Crippen LogP contribution in [0.1, 0.15) is 0 Å². The molecule has 3 heteroatoms. The van der Waals surface area contributed by atoms with Gasteiger partial charge >= 0.3 is 0 Å². The van der Waals surface area contributed by atoms with Crippen molar-refractivity contribution in [1.29, 1.82) is 0 Å². The highest BCUT2D eigenvalue weighted by Crippen LogP contribution is 2.39. The van der Waals surface area contributed by atoms with E-state index in [4.69, 9.17) is 0 Å². The first-order chi connectivity index (χ1) is 19.3. The Morgan fingerprint density at radius 1 is 0.282 bits per heavy atom. The van der Waals surface area contributed by atoms with Gasteiger partial charge in [0.25, 0.3) is 0 Å². The van der Waals surface area contributed by atoms with Crippen molar-refractivity contribution in [3.8, 4) is 16.9 Å². The van der Waals surface area contributed by atoms with Crippen molar-refractivity contribution in [2.75, 3.05) is 9.80 Å². The standard InChI is InChI=1S/C36H28N2O/c39-36-26-18-29(19-27-36)28-16-20-33(21-17-28)38(32-14-8-3-9-15-32)35-24-22-34(23-25-35)37(30-10-4-1-5-11-30)31-12-6-2-7-13-31/h1-27,39H. The van der Waals surface area contributed by atoms with E-state index < -0.39 is 0 Å². The fourth-order valence-corrected chi connectivity index (χ4v) is 4.83. The fourth-order valence-electron chi connectivity index (χ4n) is 4.83. The molecule has 0 saturated heterocycles. The highest BCUT2D eigenvalue weighted by molar-refractivity contribution is 5.81. The van der Waals surface area contributed by atoms with Crippen molar-refractivity contribution in [3.05, 3.63) is 164 Å². The molecule has 0 saturated carbocycles. The molecule has 0 atom stereocenters. The molecule has 6 aromatic rings. The summed E-state index contributed by atoms with van der Waals surface area (Å²) in [4.78, 5) is 4.53. The molecule has 0 heterocycles. The fraction of sp³-hybridized carbons (Fsp3) is 0. The molecule has 0 aliphatic rings. The molecule has 6 rings (SSSR count). The molecule has 0 radical (unpaired) electrons. The first kappa shape index (κ1) is 24.1. The molecule has 0 bridgehead atoms. The van der Waals surface area contributed by atoms with Crippen LogP contribution in [0.2, 0.25) is 0 Å². The van der Waals surface area contributed by atoms with E-state index in [1.807, 2.05) is 30.3 Å². The van der Waals surface area contributed by atoms with Gasteiger partial charge in [0.15, 0.2) is 0 Å². The van der Waals surface area contributed by atoms with E-state index in [-0.39, 0.29) is 5.75 Å². The van der Waals surface area contributed by atoms with Crippen molar-refractivity contribution < 1.29 is 5.11 Å². The Bertz CT molecular complexity index is 1580. The molecule has 0 spiro atoms. The topological polar surface area (TPSA) is 26.7 Å². The lowest BCUT2D eigenvalue weighted by atomic mass is 10.0. The number of hydrogen-bond donors (Lipinski definition) is 1. The Hall–Kier alpha value is -5.28. The average molecular weight is 505 g/mol. The van der Waals surface area contributed by atoms with Crippen LogP contribution in [-0.4, -0.2) is 5.11 Å².